The normalized spacial score (nSPS) is 11.3. The molecule has 1 aromatic carbocycles. The van der Waals surface area contributed by atoms with E-state index in [0.717, 1.165) is 0 Å². The number of halogens is 4. The molecule has 0 saturated carbocycles. The van der Waals surface area contributed by atoms with E-state index in [9.17, 15) is 17.6 Å². The summed E-state index contributed by atoms with van der Waals surface area (Å²) in [4.78, 5) is 8.16. The number of aromatic nitrogens is 2. The predicted octanol–water partition coefficient (Wildman–Crippen LogP) is 6.50. The van der Waals surface area contributed by atoms with Crippen molar-refractivity contribution in [1.29, 1.82) is 0 Å². The number of hydrogen-bond acceptors (Lipinski definition) is 4. The predicted molar refractivity (Wildman–Crippen MR) is 119 cm³/mol. The van der Waals surface area contributed by atoms with Crippen LogP contribution >= 0.6 is 0 Å². The van der Waals surface area contributed by atoms with E-state index in [1.165, 1.54) is 36.7 Å². The maximum Gasteiger partial charge on any atom is 0.170 e. The lowest BCUT2D eigenvalue weighted by Gasteiger charge is -2.14. The van der Waals surface area contributed by atoms with Crippen molar-refractivity contribution in [2.75, 3.05) is 23.7 Å². The molecular formula is C24H26F4N4. The third-order valence-corrected chi connectivity index (χ3v) is 4.75. The standard InChI is InChI=1S/C24H26F4N4/c1-13(2)9-29-17-7-5-15(11-31-17)19-21(25)23(27)20(24(28)22(19)26)16-6-8-18(32-12-16)30-10-14(3)4/h5-8,11-14H,9-10H2,1-4H3,(H,29,31)(H,30,32). The van der Waals surface area contributed by atoms with Crippen molar-refractivity contribution >= 4 is 11.6 Å². The monoisotopic (exact) mass is 446 g/mol. The zero-order valence-electron chi connectivity index (χ0n) is 18.4. The van der Waals surface area contributed by atoms with E-state index in [2.05, 4.69) is 20.6 Å². The summed E-state index contributed by atoms with van der Waals surface area (Å²) < 4.78 is 59.4. The highest BCUT2D eigenvalue weighted by Crippen LogP contribution is 2.36. The van der Waals surface area contributed by atoms with Gasteiger partial charge >= 0.3 is 0 Å². The van der Waals surface area contributed by atoms with Crippen molar-refractivity contribution in [3.8, 4) is 22.3 Å². The summed E-state index contributed by atoms with van der Waals surface area (Å²) in [6, 6.07) is 5.75. The summed E-state index contributed by atoms with van der Waals surface area (Å²) in [7, 11) is 0. The number of anilines is 2. The Morgan fingerprint density at radius 3 is 1.22 bits per heavy atom. The van der Waals surface area contributed by atoms with Gasteiger partial charge in [0.15, 0.2) is 23.3 Å². The fourth-order valence-electron chi connectivity index (χ4n) is 3.05. The lowest BCUT2D eigenvalue weighted by Crippen LogP contribution is -2.09. The number of nitrogens with one attached hydrogen (secondary N) is 2. The average Bonchev–Trinajstić information content (AvgIpc) is 2.77. The summed E-state index contributed by atoms with van der Waals surface area (Å²) in [5.41, 5.74) is -1.72. The fourth-order valence-corrected chi connectivity index (χ4v) is 3.05. The van der Waals surface area contributed by atoms with E-state index in [4.69, 9.17) is 0 Å². The summed E-state index contributed by atoms with van der Waals surface area (Å²) >= 11 is 0. The molecule has 2 aromatic heterocycles. The van der Waals surface area contributed by atoms with Gasteiger partial charge in [-0.15, -0.1) is 0 Å². The Morgan fingerprint density at radius 2 is 0.969 bits per heavy atom. The van der Waals surface area contributed by atoms with Gasteiger partial charge in [0.05, 0.1) is 11.1 Å². The highest BCUT2D eigenvalue weighted by atomic mass is 19.2. The second kappa shape index (κ2) is 9.97. The van der Waals surface area contributed by atoms with Crippen LogP contribution in [0.15, 0.2) is 36.7 Å². The van der Waals surface area contributed by atoms with Gasteiger partial charge in [-0.1, -0.05) is 27.7 Å². The van der Waals surface area contributed by atoms with Gasteiger partial charge in [0, 0.05) is 36.6 Å². The highest BCUT2D eigenvalue weighted by Gasteiger charge is 2.27. The molecule has 4 nitrogen and oxygen atoms in total. The summed E-state index contributed by atoms with van der Waals surface area (Å²) in [6.45, 7) is 9.39. The van der Waals surface area contributed by atoms with Gasteiger partial charge in [0.2, 0.25) is 0 Å². The Hall–Kier alpha value is -3.16. The van der Waals surface area contributed by atoms with Crippen LogP contribution in [0.4, 0.5) is 29.2 Å². The Bertz CT molecular complexity index is 949. The molecule has 0 fully saturated rings. The van der Waals surface area contributed by atoms with Crippen molar-refractivity contribution in [2.24, 2.45) is 11.8 Å². The molecule has 0 unspecified atom stereocenters. The smallest absolute Gasteiger partial charge is 0.170 e. The molecule has 0 amide bonds. The lowest BCUT2D eigenvalue weighted by atomic mass is 9.99. The first kappa shape index (κ1) is 23.5. The molecule has 0 spiro atoms. The van der Waals surface area contributed by atoms with Crippen LogP contribution in [0.3, 0.4) is 0 Å². The number of benzene rings is 1. The van der Waals surface area contributed by atoms with Gasteiger partial charge in [-0.05, 0) is 36.1 Å². The van der Waals surface area contributed by atoms with Crippen LogP contribution in [0.25, 0.3) is 22.3 Å². The first-order valence-electron chi connectivity index (χ1n) is 10.5. The van der Waals surface area contributed by atoms with Gasteiger partial charge in [-0.2, -0.15) is 0 Å². The molecule has 0 aliphatic heterocycles. The molecule has 8 heteroatoms. The van der Waals surface area contributed by atoms with E-state index in [1.807, 2.05) is 27.7 Å². The molecule has 170 valence electrons. The van der Waals surface area contributed by atoms with Crippen LogP contribution in [0.1, 0.15) is 27.7 Å². The Labute approximate surface area is 185 Å². The minimum Gasteiger partial charge on any atom is -0.370 e. The Balaban J connectivity index is 1.94. The van der Waals surface area contributed by atoms with E-state index < -0.39 is 34.4 Å². The number of pyridine rings is 2. The van der Waals surface area contributed by atoms with Gasteiger partial charge in [-0.25, -0.2) is 27.5 Å². The molecule has 2 N–H and O–H groups in total. The van der Waals surface area contributed by atoms with Crippen molar-refractivity contribution in [3.05, 3.63) is 59.9 Å². The maximum atomic E-state index is 14.9. The molecule has 3 aromatic rings. The number of nitrogens with zero attached hydrogens (tertiary/aromatic N) is 2. The highest BCUT2D eigenvalue weighted by molar-refractivity contribution is 5.73. The van der Waals surface area contributed by atoms with Gasteiger partial charge in [-0.3, -0.25) is 0 Å². The van der Waals surface area contributed by atoms with Crippen molar-refractivity contribution in [2.45, 2.75) is 27.7 Å². The zero-order chi connectivity index (χ0) is 23.4. The molecule has 0 saturated heterocycles. The van der Waals surface area contributed by atoms with Crippen LogP contribution < -0.4 is 10.6 Å². The zero-order valence-corrected chi connectivity index (χ0v) is 18.4. The van der Waals surface area contributed by atoms with Crippen molar-refractivity contribution in [1.82, 2.24) is 9.97 Å². The quantitative estimate of drug-likeness (QED) is 0.306. The van der Waals surface area contributed by atoms with Crippen molar-refractivity contribution in [3.63, 3.8) is 0 Å². The van der Waals surface area contributed by atoms with E-state index in [-0.39, 0.29) is 11.1 Å². The van der Waals surface area contributed by atoms with E-state index >= 15 is 0 Å². The van der Waals surface area contributed by atoms with Crippen LogP contribution in [0.5, 0.6) is 0 Å². The summed E-state index contributed by atoms with van der Waals surface area (Å²) in [6.07, 6.45) is 2.36. The van der Waals surface area contributed by atoms with Crippen LogP contribution in [0, 0.1) is 35.1 Å². The first-order chi connectivity index (χ1) is 15.2. The molecule has 0 bridgehead atoms. The molecule has 0 atom stereocenters. The Morgan fingerprint density at radius 1 is 0.625 bits per heavy atom. The average molecular weight is 446 g/mol. The summed E-state index contributed by atoms with van der Waals surface area (Å²) in [5.74, 6) is -4.18. The van der Waals surface area contributed by atoms with Gasteiger partial charge in [0.25, 0.3) is 0 Å². The van der Waals surface area contributed by atoms with Gasteiger partial charge < -0.3 is 10.6 Å². The topological polar surface area (TPSA) is 49.8 Å². The van der Waals surface area contributed by atoms with Gasteiger partial charge in [0.1, 0.15) is 11.6 Å². The van der Waals surface area contributed by atoms with E-state index in [1.54, 1.807) is 0 Å². The first-order valence-corrected chi connectivity index (χ1v) is 10.5. The van der Waals surface area contributed by atoms with E-state index in [0.29, 0.717) is 36.6 Å². The number of hydrogen-bond donors (Lipinski definition) is 2. The summed E-state index contributed by atoms with van der Waals surface area (Å²) in [5, 5.41) is 6.13. The molecule has 0 radical (unpaired) electrons. The second-order valence-corrected chi connectivity index (χ2v) is 8.42. The fraction of sp³-hybridized carbons (Fsp3) is 0.333. The van der Waals surface area contributed by atoms with Crippen LogP contribution in [0.2, 0.25) is 0 Å². The Kier molecular flexibility index (Phi) is 7.33. The lowest BCUT2D eigenvalue weighted by molar-refractivity contribution is 0.463. The third kappa shape index (κ3) is 5.18. The molecule has 0 aliphatic carbocycles. The molecule has 3 rings (SSSR count). The minimum atomic E-state index is -1.48. The number of rotatable bonds is 8. The largest absolute Gasteiger partial charge is 0.370 e. The van der Waals surface area contributed by atoms with Crippen LogP contribution in [-0.4, -0.2) is 23.1 Å². The minimum absolute atomic E-state index is 0.0641. The molecular weight excluding hydrogens is 420 g/mol. The molecule has 32 heavy (non-hydrogen) atoms. The van der Waals surface area contributed by atoms with Crippen LogP contribution in [-0.2, 0) is 0 Å². The third-order valence-electron chi connectivity index (χ3n) is 4.75. The maximum absolute atomic E-state index is 14.9. The molecule has 0 aliphatic rings. The second-order valence-electron chi connectivity index (χ2n) is 8.42. The van der Waals surface area contributed by atoms with Crippen molar-refractivity contribution < 1.29 is 17.6 Å². The SMILES string of the molecule is CC(C)CNc1ccc(-c2c(F)c(F)c(-c3ccc(NCC(C)C)nc3)c(F)c2F)cn1. The molecule has 2 heterocycles.